The van der Waals surface area contributed by atoms with Crippen LogP contribution in [0.15, 0.2) is 16.7 Å². The number of hydrogen-bond donors (Lipinski definition) is 1. The van der Waals surface area contributed by atoms with Gasteiger partial charge in [-0.25, -0.2) is 0 Å². The molecule has 1 aromatic rings. The van der Waals surface area contributed by atoms with Crippen LogP contribution in [0.4, 0.5) is 0 Å². The Balaban J connectivity index is 2.45. The second kappa shape index (κ2) is 4.69. The standard InChI is InChI=1S/C8H10O4/c9-2-4-11-6-7-1-3-12-8(7)5-10/h1,3,5,9H,2,4,6H2. The lowest BCUT2D eigenvalue weighted by molar-refractivity contribution is 0.0803. The van der Waals surface area contributed by atoms with E-state index in [2.05, 4.69) is 0 Å². The van der Waals surface area contributed by atoms with Crippen molar-refractivity contribution in [3.8, 4) is 0 Å². The molecule has 1 aromatic heterocycles. The number of hydrogen-bond acceptors (Lipinski definition) is 4. The molecule has 0 bridgehead atoms. The number of aliphatic hydroxyl groups is 1. The zero-order valence-corrected chi connectivity index (χ0v) is 6.53. The lowest BCUT2D eigenvalue weighted by Gasteiger charge is -1.98. The summed E-state index contributed by atoms with van der Waals surface area (Å²) in [4.78, 5) is 10.3. The number of rotatable bonds is 5. The Morgan fingerprint density at radius 1 is 1.67 bits per heavy atom. The highest BCUT2D eigenvalue weighted by Crippen LogP contribution is 2.08. The van der Waals surface area contributed by atoms with Crippen LogP contribution in [0.1, 0.15) is 16.1 Å². The summed E-state index contributed by atoms with van der Waals surface area (Å²) in [6.07, 6.45) is 2.07. The lowest BCUT2D eigenvalue weighted by atomic mass is 10.3. The number of furan rings is 1. The zero-order valence-electron chi connectivity index (χ0n) is 6.53. The molecule has 12 heavy (non-hydrogen) atoms. The average molecular weight is 170 g/mol. The Bertz CT molecular complexity index is 241. The van der Waals surface area contributed by atoms with Gasteiger partial charge in [0.2, 0.25) is 0 Å². The van der Waals surface area contributed by atoms with Crippen LogP contribution in [0.5, 0.6) is 0 Å². The summed E-state index contributed by atoms with van der Waals surface area (Å²) in [6.45, 7) is 0.545. The second-order valence-electron chi connectivity index (χ2n) is 2.20. The smallest absolute Gasteiger partial charge is 0.185 e. The molecule has 1 heterocycles. The molecule has 4 heteroatoms. The third-order valence-electron chi connectivity index (χ3n) is 1.38. The van der Waals surface area contributed by atoms with Crippen molar-refractivity contribution in [1.82, 2.24) is 0 Å². The van der Waals surface area contributed by atoms with Gasteiger partial charge in [-0.3, -0.25) is 4.79 Å². The maximum atomic E-state index is 10.3. The zero-order chi connectivity index (χ0) is 8.81. The van der Waals surface area contributed by atoms with Gasteiger partial charge < -0.3 is 14.3 Å². The molecule has 0 radical (unpaired) electrons. The minimum Gasteiger partial charge on any atom is -0.461 e. The first kappa shape index (κ1) is 8.96. The fourth-order valence-corrected chi connectivity index (χ4v) is 0.817. The highest BCUT2D eigenvalue weighted by atomic mass is 16.5. The molecule has 0 amide bonds. The van der Waals surface area contributed by atoms with E-state index in [1.54, 1.807) is 6.07 Å². The molecule has 0 saturated carbocycles. The normalized spacial score (nSPS) is 10.1. The summed E-state index contributed by atoms with van der Waals surface area (Å²) in [5.41, 5.74) is 0.707. The predicted molar refractivity (Wildman–Crippen MR) is 40.8 cm³/mol. The van der Waals surface area contributed by atoms with Crippen molar-refractivity contribution in [2.75, 3.05) is 13.2 Å². The predicted octanol–water partition coefficient (Wildman–Crippen LogP) is 0.601. The van der Waals surface area contributed by atoms with Gasteiger partial charge in [-0.2, -0.15) is 0 Å². The van der Waals surface area contributed by atoms with Crippen LogP contribution in [0.25, 0.3) is 0 Å². The van der Waals surface area contributed by atoms with Crippen molar-refractivity contribution in [3.63, 3.8) is 0 Å². The minimum atomic E-state index is -0.0196. The van der Waals surface area contributed by atoms with Gasteiger partial charge in [-0.05, 0) is 6.07 Å². The number of carbonyl (C=O) groups is 1. The number of carbonyl (C=O) groups excluding carboxylic acids is 1. The van der Waals surface area contributed by atoms with Crippen molar-refractivity contribution >= 4 is 6.29 Å². The Morgan fingerprint density at radius 3 is 3.17 bits per heavy atom. The number of ether oxygens (including phenoxy) is 1. The van der Waals surface area contributed by atoms with Gasteiger partial charge in [0.15, 0.2) is 12.0 Å². The monoisotopic (exact) mass is 170 g/mol. The lowest BCUT2D eigenvalue weighted by Crippen LogP contribution is -1.99. The molecular weight excluding hydrogens is 160 g/mol. The molecule has 0 aliphatic heterocycles. The van der Waals surface area contributed by atoms with Crippen molar-refractivity contribution in [1.29, 1.82) is 0 Å². The van der Waals surface area contributed by atoms with Crippen LogP contribution in [-0.4, -0.2) is 24.6 Å². The summed E-state index contributed by atoms with van der Waals surface area (Å²) in [5, 5.41) is 8.40. The molecule has 0 fully saturated rings. The summed E-state index contributed by atoms with van der Waals surface area (Å²) < 4.78 is 9.83. The maximum absolute atomic E-state index is 10.3. The molecule has 0 aliphatic rings. The van der Waals surface area contributed by atoms with Crippen molar-refractivity contribution in [3.05, 3.63) is 23.7 Å². The molecule has 0 spiro atoms. The van der Waals surface area contributed by atoms with Crippen LogP contribution in [0.2, 0.25) is 0 Å². The van der Waals surface area contributed by atoms with Gasteiger partial charge in [-0.15, -0.1) is 0 Å². The van der Waals surface area contributed by atoms with E-state index in [4.69, 9.17) is 14.3 Å². The molecule has 0 unspecified atom stereocenters. The maximum Gasteiger partial charge on any atom is 0.185 e. The molecule has 0 aromatic carbocycles. The first-order chi connectivity index (χ1) is 5.88. The molecule has 1 N–H and O–H groups in total. The summed E-state index contributed by atoms with van der Waals surface area (Å²) >= 11 is 0. The second-order valence-corrected chi connectivity index (χ2v) is 2.20. The Labute approximate surface area is 69.8 Å². The summed E-state index contributed by atoms with van der Waals surface area (Å²) in [5.74, 6) is 0.285. The van der Waals surface area contributed by atoms with Crippen molar-refractivity contribution in [2.45, 2.75) is 6.61 Å². The van der Waals surface area contributed by atoms with Gasteiger partial charge in [0.1, 0.15) is 0 Å². The highest BCUT2D eigenvalue weighted by molar-refractivity contribution is 5.72. The first-order valence-corrected chi connectivity index (χ1v) is 3.58. The van der Waals surface area contributed by atoms with E-state index in [-0.39, 0.29) is 19.0 Å². The SMILES string of the molecule is O=Cc1occc1COCCO. The fourth-order valence-electron chi connectivity index (χ4n) is 0.817. The van der Waals surface area contributed by atoms with Crippen molar-refractivity contribution < 1.29 is 19.1 Å². The van der Waals surface area contributed by atoms with Crippen LogP contribution in [0, 0.1) is 0 Å². The van der Waals surface area contributed by atoms with E-state index in [1.165, 1.54) is 6.26 Å². The molecule has 0 saturated heterocycles. The topological polar surface area (TPSA) is 59.7 Å². The number of aldehydes is 1. The van der Waals surface area contributed by atoms with E-state index in [9.17, 15) is 4.79 Å². The molecular formula is C8H10O4. The molecule has 4 nitrogen and oxygen atoms in total. The summed E-state index contributed by atoms with van der Waals surface area (Å²) in [6, 6.07) is 1.67. The van der Waals surface area contributed by atoms with Crippen molar-refractivity contribution in [2.24, 2.45) is 0 Å². The molecule has 1 rings (SSSR count). The number of aliphatic hydroxyl groups excluding tert-OH is 1. The van der Waals surface area contributed by atoms with Gasteiger partial charge in [0, 0.05) is 5.56 Å². The fraction of sp³-hybridized carbons (Fsp3) is 0.375. The van der Waals surface area contributed by atoms with E-state index < -0.39 is 0 Å². The van der Waals surface area contributed by atoms with Crippen LogP contribution >= 0.6 is 0 Å². The molecule has 0 aliphatic carbocycles. The highest BCUT2D eigenvalue weighted by Gasteiger charge is 2.03. The van der Waals surface area contributed by atoms with Crippen LogP contribution < -0.4 is 0 Å². The average Bonchev–Trinajstić information content (AvgIpc) is 2.52. The van der Waals surface area contributed by atoms with Gasteiger partial charge in [0.05, 0.1) is 26.1 Å². The van der Waals surface area contributed by atoms with Gasteiger partial charge in [-0.1, -0.05) is 0 Å². The van der Waals surface area contributed by atoms with Crippen LogP contribution in [0.3, 0.4) is 0 Å². The minimum absolute atomic E-state index is 0.0196. The Morgan fingerprint density at radius 2 is 2.50 bits per heavy atom. The van der Waals surface area contributed by atoms with E-state index >= 15 is 0 Å². The van der Waals surface area contributed by atoms with Crippen LogP contribution in [-0.2, 0) is 11.3 Å². The third-order valence-corrected chi connectivity index (χ3v) is 1.38. The Kier molecular flexibility index (Phi) is 3.50. The Hall–Kier alpha value is -1.13. The molecule has 66 valence electrons. The van der Waals surface area contributed by atoms with Gasteiger partial charge in [0.25, 0.3) is 0 Å². The first-order valence-electron chi connectivity index (χ1n) is 3.58. The summed E-state index contributed by atoms with van der Waals surface area (Å²) in [7, 11) is 0. The third kappa shape index (κ3) is 2.18. The van der Waals surface area contributed by atoms with E-state index in [0.29, 0.717) is 18.5 Å². The van der Waals surface area contributed by atoms with E-state index in [0.717, 1.165) is 0 Å². The quantitative estimate of drug-likeness (QED) is 0.519. The largest absolute Gasteiger partial charge is 0.461 e. The van der Waals surface area contributed by atoms with E-state index in [1.807, 2.05) is 0 Å². The van der Waals surface area contributed by atoms with Gasteiger partial charge >= 0.3 is 0 Å². The molecule has 0 atom stereocenters.